The minimum absolute atomic E-state index is 0.000731. The van der Waals surface area contributed by atoms with E-state index in [1.165, 1.54) is 23.2 Å². The number of aliphatic hydroxyl groups excluding tert-OH is 1. The summed E-state index contributed by atoms with van der Waals surface area (Å²) in [5, 5.41) is 12.4. The minimum Gasteiger partial charge on any atom is -0.407 e. The SMILES string of the molecule is CC(C)(C)[Si](OCC(CO)C1CC1)(c1ccccc1)c1ccccc1. The second-order valence-electron chi connectivity index (χ2n) is 8.25. The molecule has 0 aromatic heterocycles. The average molecular weight is 355 g/mol. The first kappa shape index (κ1) is 18.4. The Kier molecular flexibility index (Phi) is 5.47. The standard InChI is InChI=1S/C22H30O2Si/c1-22(2,3)25(20-10-6-4-7-11-20,21-12-8-5-9-13-21)24-17-19(16-23)18-14-15-18/h4-13,18-19,23H,14-17H2,1-3H3. The zero-order chi connectivity index (χ0) is 17.9. The molecule has 1 fully saturated rings. The largest absolute Gasteiger partial charge is 0.407 e. The van der Waals surface area contributed by atoms with Gasteiger partial charge in [0, 0.05) is 19.1 Å². The molecule has 3 heteroatoms. The number of hydrogen-bond donors (Lipinski definition) is 1. The fourth-order valence-corrected chi connectivity index (χ4v) is 8.52. The third kappa shape index (κ3) is 3.74. The maximum Gasteiger partial charge on any atom is 0.261 e. The Balaban J connectivity index is 2.05. The van der Waals surface area contributed by atoms with Gasteiger partial charge in [-0.3, -0.25) is 0 Å². The van der Waals surface area contributed by atoms with Crippen molar-refractivity contribution in [1.82, 2.24) is 0 Å². The maximum absolute atomic E-state index is 9.81. The molecule has 1 saturated carbocycles. The number of benzene rings is 2. The van der Waals surface area contributed by atoms with Crippen LogP contribution in [-0.4, -0.2) is 26.6 Å². The van der Waals surface area contributed by atoms with Gasteiger partial charge < -0.3 is 9.53 Å². The Morgan fingerprint density at radius 3 is 1.80 bits per heavy atom. The molecule has 2 aromatic rings. The molecule has 134 valence electrons. The second kappa shape index (κ2) is 7.44. The Bertz CT molecular complexity index is 620. The first-order valence-electron chi connectivity index (χ1n) is 9.35. The zero-order valence-corrected chi connectivity index (χ0v) is 16.6. The molecule has 1 atom stereocenters. The van der Waals surface area contributed by atoms with Crippen LogP contribution < -0.4 is 10.4 Å². The van der Waals surface area contributed by atoms with Crippen molar-refractivity contribution < 1.29 is 9.53 Å². The van der Waals surface area contributed by atoms with Crippen LogP contribution in [0.15, 0.2) is 60.7 Å². The summed E-state index contributed by atoms with van der Waals surface area (Å²) >= 11 is 0. The van der Waals surface area contributed by atoms with Crippen LogP contribution in [0.3, 0.4) is 0 Å². The van der Waals surface area contributed by atoms with Crippen LogP contribution in [0.2, 0.25) is 5.04 Å². The van der Waals surface area contributed by atoms with Crippen molar-refractivity contribution >= 4 is 18.7 Å². The van der Waals surface area contributed by atoms with Crippen molar-refractivity contribution in [2.24, 2.45) is 11.8 Å². The van der Waals surface area contributed by atoms with Crippen LogP contribution in [0.1, 0.15) is 33.6 Å². The van der Waals surface area contributed by atoms with Crippen LogP contribution in [0.5, 0.6) is 0 Å². The highest BCUT2D eigenvalue weighted by Crippen LogP contribution is 2.40. The number of aliphatic hydroxyl groups is 1. The molecule has 0 saturated heterocycles. The van der Waals surface area contributed by atoms with E-state index in [0.29, 0.717) is 12.5 Å². The lowest BCUT2D eigenvalue weighted by Crippen LogP contribution is -2.67. The van der Waals surface area contributed by atoms with Gasteiger partial charge in [0.25, 0.3) is 8.32 Å². The first-order valence-corrected chi connectivity index (χ1v) is 11.3. The van der Waals surface area contributed by atoms with Crippen LogP contribution in [0, 0.1) is 11.8 Å². The summed E-state index contributed by atoms with van der Waals surface area (Å²) in [6, 6.07) is 21.4. The summed E-state index contributed by atoms with van der Waals surface area (Å²) in [6.07, 6.45) is 2.46. The molecule has 0 amide bonds. The molecule has 0 bridgehead atoms. The van der Waals surface area contributed by atoms with Crippen LogP contribution in [0.25, 0.3) is 0 Å². The lowest BCUT2D eigenvalue weighted by atomic mass is 10.1. The van der Waals surface area contributed by atoms with Gasteiger partial charge in [-0.2, -0.15) is 0 Å². The van der Waals surface area contributed by atoms with Crippen LogP contribution >= 0.6 is 0 Å². The van der Waals surface area contributed by atoms with E-state index in [2.05, 4.69) is 81.4 Å². The fourth-order valence-electron chi connectivity index (χ4n) is 3.90. The van der Waals surface area contributed by atoms with E-state index in [9.17, 15) is 5.11 Å². The Hall–Kier alpha value is -1.42. The molecule has 0 spiro atoms. The van der Waals surface area contributed by atoms with Gasteiger partial charge in [-0.25, -0.2) is 0 Å². The summed E-state index contributed by atoms with van der Waals surface area (Å²) in [5.74, 6) is 0.907. The highest BCUT2D eigenvalue weighted by molar-refractivity contribution is 6.99. The summed E-state index contributed by atoms with van der Waals surface area (Å²) in [7, 11) is -2.46. The summed E-state index contributed by atoms with van der Waals surface area (Å²) in [4.78, 5) is 0. The molecule has 1 N–H and O–H groups in total. The van der Waals surface area contributed by atoms with Crippen molar-refractivity contribution in [3.8, 4) is 0 Å². The highest BCUT2D eigenvalue weighted by Gasteiger charge is 2.50. The Morgan fingerprint density at radius 1 is 0.960 bits per heavy atom. The fraction of sp³-hybridized carbons (Fsp3) is 0.455. The predicted octanol–water partition coefficient (Wildman–Crippen LogP) is 3.58. The zero-order valence-electron chi connectivity index (χ0n) is 15.6. The minimum atomic E-state index is -2.46. The van der Waals surface area contributed by atoms with Crippen molar-refractivity contribution in [2.75, 3.05) is 13.2 Å². The Labute approximate surface area is 153 Å². The topological polar surface area (TPSA) is 29.5 Å². The van der Waals surface area contributed by atoms with E-state index in [4.69, 9.17) is 4.43 Å². The van der Waals surface area contributed by atoms with Gasteiger partial charge in [0.2, 0.25) is 0 Å². The third-order valence-corrected chi connectivity index (χ3v) is 10.5. The van der Waals surface area contributed by atoms with Crippen LogP contribution in [-0.2, 0) is 4.43 Å². The molecule has 1 unspecified atom stereocenters. The summed E-state index contributed by atoms with van der Waals surface area (Å²) in [6.45, 7) is 7.76. The van der Waals surface area contributed by atoms with Gasteiger partial charge in [0.1, 0.15) is 0 Å². The predicted molar refractivity (Wildman–Crippen MR) is 107 cm³/mol. The lowest BCUT2D eigenvalue weighted by molar-refractivity contribution is 0.142. The average Bonchev–Trinajstić information content (AvgIpc) is 3.44. The highest BCUT2D eigenvalue weighted by atomic mass is 28.4. The van der Waals surface area contributed by atoms with Crippen molar-refractivity contribution in [2.45, 2.75) is 38.7 Å². The summed E-state index contributed by atoms with van der Waals surface area (Å²) in [5.41, 5.74) is 0. The molecule has 1 aliphatic rings. The van der Waals surface area contributed by atoms with Crippen molar-refractivity contribution in [1.29, 1.82) is 0 Å². The number of hydrogen-bond acceptors (Lipinski definition) is 2. The molecule has 0 aliphatic heterocycles. The molecule has 1 aliphatic carbocycles. The van der Waals surface area contributed by atoms with Gasteiger partial charge in [-0.05, 0) is 34.2 Å². The van der Waals surface area contributed by atoms with Crippen molar-refractivity contribution in [3.05, 3.63) is 60.7 Å². The normalized spacial score (nSPS) is 16.6. The molecular formula is C22H30O2Si. The first-order chi connectivity index (χ1) is 12.0. The van der Waals surface area contributed by atoms with E-state index < -0.39 is 8.32 Å². The van der Waals surface area contributed by atoms with E-state index >= 15 is 0 Å². The molecule has 3 rings (SSSR count). The lowest BCUT2D eigenvalue weighted by Gasteiger charge is -2.43. The van der Waals surface area contributed by atoms with Gasteiger partial charge in [-0.1, -0.05) is 81.4 Å². The molecular weight excluding hydrogens is 324 g/mol. The Morgan fingerprint density at radius 2 is 1.44 bits per heavy atom. The third-order valence-electron chi connectivity index (χ3n) is 5.45. The van der Waals surface area contributed by atoms with E-state index in [1.807, 2.05) is 0 Å². The molecule has 2 nitrogen and oxygen atoms in total. The molecule has 25 heavy (non-hydrogen) atoms. The summed E-state index contributed by atoms with van der Waals surface area (Å²) < 4.78 is 6.90. The quantitative estimate of drug-likeness (QED) is 0.770. The second-order valence-corrected chi connectivity index (χ2v) is 12.6. The van der Waals surface area contributed by atoms with Crippen LogP contribution in [0.4, 0.5) is 0 Å². The maximum atomic E-state index is 9.81. The van der Waals surface area contributed by atoms with Crippen molar-refractivity contribution in [3.63, 3.8) is 0 Å². The van der Waals surface area contributed by atoms with E-state index in [0.717, 1.165) is 0 Å². The van der Waals surface area contributed by atoms with E-state index in [1.54, 1.807) is 0 Å². The van der Waals surface area contributed by atoms with E-state index in [-0.39, 0.29) is 17.6 Å². The molecule has 0 radical (unpaired) electrons. The molecule has 0 heterocycles. The monoisotopic (exact) mass is 354 g/mol. The van der Waals surface area contributed by atoms with Gasteiger partial charge in [-0.15, -0.1) is 0 Å². The van der Waals surface area contributed by atoms with Gasteiger partial charge in [0.05, 0.1) is 0 Å². The van der Waals surface area contributed by atoms with Gasteiger partial charge in [0.15, 0.2) is 0 Å². The smallest absolute Gasteiger partial charge is 0.261 e. The van der Waals surface area contributed by atoms with Gasteiger partial charge >= 0.3 is 0 Å². The molecule has 2 aromatic carbocycles. The number of rotatable bonds is 7.